The number of esters is 1. The topological polar surface area (TPSA) is 107 Å². The lowest BCUT2D eigenvalue weighted by Crippen LogP contribution is -2.49. The van der Waals surface area contributed by atoms with Crippen LogP contribution in [-0.2, 0) is 37.3 Å². The van der Waals surface area contributed by atoms with Crippen molar-refractivity contribution in [3.63, 3.8) is 0 Å². The Morgan fingerprint density at radius 1 is 1.11 bits per heavy atom. The van der Waals surface area contributed by atoms with Crippen molar-refractivity contribution in [2.45, 2.75) is 23.9 Å². The van der Waals surface area contributed by atoms with Crippen LogP contribution in [0.3, 0.4) is 0 Å². The lowest BCUT2D eigenvalue weighted by atomic mass is 9.96. The Bertz CT molecular complexity index is 993. The Balaban J connectivity index is 2.02. The molecular formula is C18H17FN2O5S. The molecule has 2 aromatic rings. The molecule has 0 fully saturated rings. The SMILES string of the molecule is NC(=O)COC(=O)[C@H]1Cc2ccccc2CN1S(=O)(=O)c1ccccc1F. The standard InChI is InChI=1S/C18H17FN2O5S/c19-14-7-3-4-8-16(14)27(24,25)21-10-13-6-2-1-5-12(13)9-15(21)18(23)26-11-17(20)22/h1-8,15H,9-11H2,(H2,20,22)/t15-/m1/s1. The first-order valence-electron chi connectivity index (χ1n) is 8.09. The van der Waals surface area contributed by atoms with Gasteiger partial charge in [-0.1, -0.05) is 36.4 Å². The highest BCUT2D eigenvalue weighted by Gasteiger charge is 2.41. The molecule has 0 spiro atoms. The molecule has 0 unspecified atom stereocenters. The maximum absolute atomic E-state index is 14.1. The molecular weight excluding hydrogens is 375 g/mol. The lowest BCUT2D eigenvalue weighted by Gasteiger charge is -2.34. The Labute approximate surface area is 155 Å². The van der Waals surface area contributed by atoms with Crippen molar-refractivity contribution < 1.29 is 27.1 Å². The highest BCUT2D eigenvalue weighted by atomic mass is 32.2. The van der Waals surface area contributed by atoms with Crippen molar-refractivity contribution >= 4 is 21.9 Å². The van der Waals surface area contributed by atoms with Gasteiger partial charge in [-0.05, 0) is 23.3 Å². The largest absolute Gasteiger partial charge is 0.454 e. The van der Waals surface area contributed by atoms with E-state index in [1.165, 1.54) is 12.1 Å². The minimum absolute atomic E-state index is 0.0431. The van der Waals surface area contributed by atoms with Crippen LogP contribution in [0.5, 0.6) is 0 Å². The van der Waals surface area contributed by atoms with Crippen molar-refractivity contribution in [2.24, 2.45) is 5.73 Å². The molecule has 1 aliphatic heterocycles. The Kier molecular flexibility index (Phi) is 5.24. The van der Waals surface area contributed by atoms with Crippen LogP contribution in [0.15, 0.2) is 53.4 Å². The quantitative estimate of drug-likeness (QED) is 0.763. The first-order chi connectivity index (χ1) is 12.8. The molecule has 2 aromatic carbocycles. The monoisotopic (exact) mass is 392 g/mol. The molecule has 7 nitrogen and oxygen atoms in total. The summed E-state index contributed by atoms with van der Waals surface area (Å²) in [6.45, 7) is -0.784. The van der Waals surface area contributed by atoms with Gasteiger partial charge in [-0.25, -0.2) is 12.8 Å². The summed E-state index contributed by atoms with van der Waals surface area (Å²) in [5.74, 6) is -2.69. The smallest absolute Gasteiger partial charge is 0.325 e. The maximum Gasteiger partial charge on any atom is 0.325 e. The molecule has 1 aliphatic rings. The second kappa shape index (κ2) is 7.45. The number of nitrogens with two attached hydrogens (primary N) is 1. The van der Waals surface area contributed by atoms with Gasteiger partial charge in [0.15, 0.2) is 6.61 Å². The number of halogens is 1. The van der Waals surface area contributed by atoms with Gasteiger partial charge in [-0.2, -0.15) is 4.31 Å². The van der Waals surface area contributed by atoms with Crippen LogP contribution in [0.4, 0.5) is 4.39 Å². The summed E-state index contributed by atoms with van der Waals surface area (Å²) < 4.78 is 46.0. The van der Waals surface area contributed by atoms with Gasteiger partial charge in [0.2, 0.25) is 10.0 Å². The number of rotatable bonds is 5. The van der Waals surface area contributed by atoms with Gasteiger partial charge in [-0.15, -0.1) is 0 Å². The zero-order chi connectivity index (χ0) is 19.6. The molecule has 9 heteroatoms. The summed E-state index contributed by atoms with van der Waals surface area (Å²) in [6.07, 6.45) is 0.0431. The molecule has 3 rings (SSSR count). The number of hydrogen-bond acceptors (Lipinski definition) is 5. The number of carbonyl (C=O) groups excluding carboxylic acids is 2. The van der Waals surface area contributed by atoms with Gasteiger partial charge >= 0.3 is 5.97 Å². The van der Waals surface area contributed by atoms with E-state index in [-0.39, 0.29) is 13.0 Å². The predicted octanol–water partition coefficient (Wildman–Crippen LogP) is 0.970. The number of carbonyl (C=O) groups is 2. The number of primary amides is 1. The minimum atomic E-state index is -4.33. The lowest BCUT2D eigenvalue weighted by molar-refractivity contribution is -0.152. The molecule has 1 heterocycles. The fourth-order valence-corrected chi connectivity index (χ4v) is 4.59. The number of ether oxygens (including phenoxy) is 1. The van der Waals surface area contributed by atoms with Crippen LogP contribution in [0.25, 0.3) is 0 Å². The van der Waals surface area contributed by atoms with Crippen LogP contribution in [0.1, 0.15) is 11.1 Å². The van der Waals surface area contributed by atoms with Gasteiger partial charge in [0.25, 0.3) is 5.91 Å². The van der Waals surface area contributed by atoms with Gasteiger partial charge < -0.3 is 10.5 Å². The molecule has 1 amide bonds. The summed E-state index contributed by atoms with van der Waals surface area (Å²) in [4.78, 5) is 22.8. The highest BCUT2D eigenvalue weighted by Crippen LogP contribution is 2.30. The average molecular weight is 392 g/mol. The van der Waals surface area contributed by atoms with E-state index in [0.29, 0.717) is 5.56 Å². The van der Waals surface area contributed by atoms with E-state index in [1.54, 1.807) is 24.3 Å². The third kappa shape index (κ3) is 3.83. The molecule has 0 aromatic heterocycles. The van der Waals surface area contributed by atoms with Crippen LogP contribution in [-0.4, -0.2) is 37.2 Å². The predicted molar refractivity (Wildman–Crippen MR) is 93.2 cm³/mol. The number of benzene rings is 2. The summed E-state index contributed by atoms with van der Waals surface area (Å²) in [7, 11) is -4.33. The summed E-state index contributed by atoms with van der Waals surface area (Å²) in [6, 6.07) is 10.7. The number of nitrogens with zero attached hydrogens (tertiary/aromatic N) is 1. The molecule has 0 saturated heterocycles. The number of hydrogen-bond donors (Lipinski definition) is 1. The van der Waals surface area contributed by atoms with Crippen LogP contribution < -0.4 is 5.73 Å². The first kappa shape index (κ1) is 19.0. The third-order valence-electron chi connectivity index (χ3n) is 4.26. The van der Waals surface area contributed by atoms with Crippen LogP contribution in [0, 0.1) is 5.82 Å². The zero-order valence-electron chi connectivity index (χ0n) is 14.2. The van der Waals surface area contributed by atoms with Crippen molar-refractivity contribution in [1.82, 2.24) is 4.31 Å². The van der Waals surface area contributed by atoms with Gasteiger partial charge in [0.1, 0.15) is 16.8 Å². The molecule has 27 heavy (non-hydrogen) atoms. The number of sulfonamides is 1. The molecule has 0 aliphatic carbocycles. The van der Waals surface area contributed by atoms with E-state index in [0.717, 1.165) is 22.0 Å². The fourth-order valence-electron chi connectivity index (χ4n) is 2.97. The van der Waals surface area contributed by atoms with Gasteiger partial charge in [0.05, 0.1) is 0 Å². The molecule has 142 valence electrons. The van der Waals surface area contributed by atoms with Crippen molar-refractivity contribution in [1.29, 1.82) is 0 Å². The summed E-state index contributed by atoms with van der Waals surface area (Å²) in [5.41, 5.74) is 6.46. The van der Waals surface area contributed by atoms with Gasteiger partial charge in [-0.3, -0.25) is 9.59 Å². The average Bonchev–Trinajstić information content (AvgIpc) is 2.65. The Morgan fingerprint density at radius 3 is 2.41 bits per heavy atom. The minimum Gasteiger partial charge on any atom is -0.454 e. The second-order valence-electron chi connectivity index (χ2n) is 6.04. The molecule has 0 saturated carbocycles. The van der Waals surface area contributed by atoms with Crippen LogP contribution >= 0.6 is 0 Å². The van der Waals surface area contributed by atoms with Crippen molar-refractivity contribution in [3.05, 3.63) is 65.5 Å². The van der Waals surface area contributed by atoms with E-state index in [1.807, 2.05) is 0 Å². The van der Waals surface area contributed by atoms with E-state index in [9.17, 15) is 22.4 Å². The molecule has 1 atom stereocenters. The van der Waals surface area contributed by atoms with Crippen molar-refractivity contribution in [2.75, 3.05) is 6.61 Å². The van der Waals surface area contributed by atoms with E-state index in [4.69, 9.17) is 10.5 Å². The zero-order valence-corrected chi connectivity index (χ0v) is 15.0. The summed E-state index contributed by atoms with van der Waals surface area (Å²) >= 11 is 0. The van der Waals surface area contributed by atoms with E-state index in [2.05, 4.69) is 0 Å². The normalized spacial score (nSPS) is 17.1. The van der Waals surface area contributed by atoms with E-state index < -0.39 is 45.3 Å². The molecule has 2 N–H and O–H groups in total. The number of fused-ring (bicyclic) bond motifs is 1. The first-order valence-corrected chi connectivity index (χ1v) is 9.53. The van der Waals surface area contributed by atoms with Gasteiger partial charge in [0, 0.05) is 13.0 Å². The third-order valence-corrected chi connectivity index (χ3v) is 6.15. The molecule has 0 radical (unpaired) electrons. The summed E-state index contributed by atoms with van der Waals surface area (Å²) in [5, 5.41) is 0. The number of amides is 1. The Morgan fingerprint density at radius 2 is 1.74 bits per heavy atom. The second-order valence-corrected chi connectivity index (χ2v) is 7.90. The maximum atomic E-state index is 14.1. The fraction of sp³-hybridized carbons (Fsp3) is 0.222. The Hall–Kier alpha value is -2.78. The van der Waals surface area contributed by atoms with E-state index >= 15 is 0 Å². The highest BCUT2D eigenvalue weighted by molar-refractivity contribution is 7.89. The molecule has 0 bridgehead atoms. The van der Waals surface area contributed by atoms with Crippen LogP contribution in [0.2, 0.25) is 0 Å². The van der Waals surface area contributed by atoms with Crippen molar-refractivity contribution in [3.8, 4) is 0 Å².